The molecular formula is C11H19N3O. The Balaban J connectivity index is 2.51. The van der Waals surface area contributed by atoms with E-state index in [-0.39, 0.29) is 11.8 Å². The van der Waals surface area contributed by atoms with Crippen LogP contribution >= 0.6 is 0 Å². The van der Waals surface area contributed by atoms with Gasteiger partial charge in [0.2, 0.25) is 5.91 Å². The van der Waals surface area contributed by atoms with E-state index in [2.05, 4.69) is 9.88 Å². The molecule has 1 aromatic heterocycles. The second-order valence-corrected chi connectivity index (χ2v) is 3.88. The molecule has 1 unspecified atom stereocenters. The average molecular weight is 209 g/mol. The molecule has 3 N–H and O–H groups in total. The predicted octanol–water partition coefficient (Wildman–Crippen LogP) is 0.545. The van der Waals surface area contributed by atoms with Crippen molar-refractivity contribution >= 4 is 5.91 Å². The van der Waals surface area contributed by atoms with Crippen LogP contribution in [0.3, 0.4) is 0 Å². The Morgan fingerprint density at radius 1 is 1.60 bits per heavy atom. The van der Waals surface area contributed by atoms with E-state index in [0.29, 0.717) is 13.1 Å². The predicted molar refractivity (Wildman–Crippen MR) is 60.2 cm³/mol. The molecule has 1 heterocycles. The van der Waals surface area contributed by atoms with E-state index in [1.165, 1.54) is 5.69 Å². The second-order valence-electron chi connectivity index (χ2n) is 3.88. The van der Waals surface area contributed by atoms with Crippen LogP contribution in [0.5, 0.6) is 0 Å². The van der Waals surface area contributed by atoms with Crippen LogP contribution in [0.15, 0.2) is 12.1 Å². The smallest absolute Gasteiger partial charge is 0.224 e. The Labute approximate surface area is 90.5 Å². The molecule has 0 fully saturated rings. The van der Waals surface area contributed by atoms with Crippen LogP contribution in [-0.2, 0) is 18.4 Å². The van der Waals surface area contributed by atoms with Crippen molar-refractivity contribution in [3.05, 3.63) is 23.5 Å². The Bertz CT molecular complexity index is 344. The van der Waals surface area contributed by atoms with Gasteiger partial charge in [0.05, 0.1) is 6.54 Å². The molecule has 0 aromatic carbocycles. The maximum absolute atomic E-state index is 11.5. The minimum atomic E-state index is -0.119. The number of rotatable bonds is 4. The quantitative estimate of drug-likeness (QED) is 0.760. The number of carbonyl (C=O) groups excluding carboxylic acids is 1. The summed E-state index contributed by atoms with van der Waals surface area (Å²) in [6.45, 7) is 4.81. The van der Waals surface area contributed by atoms with Crippen LogP contribution in [0, 0.1) is 12.8 Å². The zero-order valence-electron chi connectivity index (χ0n) is 9.58. The number of nitrogens with one attached hydrogen (secondary N) is 1. The number of aromatic nitrogens is 1. The van der Waals surface area contributed by atoms with Crippen molar-refractivity contribution in [1.29, 1.82) is 0 Å². The van der Waals surface area contributed by atoms with Crippen LogP contribution in [0.25, 0.3) is 0 Å². The molecule has 0 saturated heterocycles. The van der Waals surface area contributed by atoms with Crippen molar-refractivity contribution in [2.24, 2.45) is 18.7 Å². The molecule has 4 heteroatoms. The molecule has 0 spiro atoms. The highest BCUT2D eigenvalue weighted by molar-refractivity contribution is 5.78. The summed E-state index contributed by atoms with van der Waals surface area (Å²) in [6.07, 6.45) is 0. The van der Waals surface area contributed by atoms with E-state index in [1.54, 1.807) is 0 Å². The summed E-state index contributed by atoms with van der Waals surface area (Å²) in [5, 5.41) is 2.86. The lowest BCUT2D eigenvalue weighted by Gasteiger charge is -2.10. The van der Waals surface area contributed by atoms with Crippen molar-refractivity contribution < 1.29 is 4.79 Å². The summed E-state index contributed by atoms with van der Waals surface area (Å²) >= 11 is 0. The number of hydrogen-bond acceptors (Lipinski definition) is 2. The van der Waals surface area contributed by atoms with Crippen LogP contribution < -0.4 is 11.1 Å². The molecule has 1 amide bonds. The minimum Gasteiger partial charge on any atom is -0.350 e. The van der Waals surface area contributed by atoms with Gasteiger partial charge in [-0.25, -0.2) is 0 Å². The molecule has 0 aliphatic carbocycles. The fourth-order valence-corrected chi connectivity index (χ4v) is 1.30. The van der Waals surface area contributed by atoms with Gasteiger partial charge >= 0.3 is 0 Å². The fourth-order valence-electron chi connectivity index (χ4n) is 1.30. The molecule has 0 aliphatic rings. The van der Waals surface area contributed by atoms with Gasteiger partial charge in [-0.1, -0.05) is 6.92 Å². The molecule has 1 atom stereocenters. The molecule has 1 rings (SSSR count). The zero-order chi connectivity index (χ0) is 11.4. The van der Waals surface area contributed by atoms with Gasteiger partial charge in [-0.15, -0.1) is 0 Å². The van der Waals surface area contributed by atoms with E-state index in [1.807, 2.05) is 33.0 Å². The monoisotopic (exact) mass is 209 g/mol. The van der Waals surface area contributed by atoms with Crippen LogP contribution in [0.4, 0.5) is 0 Å². The molecule has 0 radical (unpaired) electrons. The van der Waals surface area contributed by atoms with Gasteiger partial charge in [-0.3, -0.25) is 4.79 Å². The van der Waals surface area contributed by atoms with Crippen molar-refractivity contribution in [3.63, 3.8) is 0 Å². The molecule has 0 aliphatic heterocycles. The normalized spacial score (nSPS) is 12.5. The number of aryl methyl sites for hydroxylation is 1. The molecular weight excluding hydrogens is 190 g/mol. The highest BCUT2D eigenvalue weighted by atomic mass is 16.1. The van der Waals surface area contributed by atoms with Crippen LogP contribution in [0.2, 0.25) is 0 Å². The Kier molecular flexibility index (Phi) is 3.91. The first-order valence-corrected chi connectivity index (χ1v) is 5.15. The number of nitrogens with two attached hydrogens (primary N) is 1. The maximum Gasteiger partial charge on any atom is 0.224 e. The standard InChI is InChI=1S/C11H19N3O/c1-8(6-12)11(15)13-7-10-5-4-9(2)14(10)3/h4-5,8H,6-7,12H2,1-3H3,(H,13,15). The van der Waals surface area contributed by atoms with Crippen LogP contribution in [-0.4, -0.2) is 17.0 Å². The first kappa shape index (κ1) is 11.8. The summed E-state index contributed by atoms with van der Waals surface area (Å²) in [7, 11) is 1.99. The first-order chi connectivity index (χ1) is 7.06. The van der Waals surface area contributed by atoms with Gasteiger partial charge in [0.1, 0.15) is 0 Å². The molecule has 84 valence electrons. The van der Waals surface area contributed by atoms with Crippen molar-refractivity contribution in [1.82, 2.24) is 9.88 Å². The summed E-state index contributed by atoms with van der Waals surface area (Å²) in [5.41, 5.74) is 7.70. The minimum absolute atomic E-state index is 0.0105. The number of amides is 1. The third kappa shape index (κ3) is 2.83. The van der Waals surface area contributed by atoms with Gasteiger partial charge in [0.25, 0.3) is 0 Å². The summed E-state index contributed by atoms with van der Waals surface area (Å²) < 4.78 is 2.06. The number of nitrogens with zero attached hydrogens (tertiary/aromatic N) is 1. The molecule has 0 bridgehead atoms. The number of carbonyl (C=O) groups is 1. The van der Waals surface area contributed by atoms with Crippen LogP contribution in [0.1, 0.15) is 18.3 Å². The maximum atomic E-state index is 11.5. The van der Waals surface area contributed by atoms with Gasteiger partial charge < -0.3 is 15.6 Å². The van der Waals surface area contributed by atoms with Gasteiger partial charge in [0, 0.05) is 30.9 Å². The molecule has 1 aromatic rings. The fraction of sp³-hybridized carbons (Fsp3) is 0.545. The van der Waals surface area contributed by atoms with Crippen molar-refractivity contribution in [2.45, 2.75) is 20.4 Å². The summed E-state index contributed by atoms with van der Waals surface area (Å²) in [6, 6.07) is 4.05. The third-order valence-corrected chi connectivity index (χ3v) is 2.72. The van der Waals surface area contributed by atoms with Gasteiger partial charge in [0.15, 0.2) is 0 Å². The van der Waals surface area contributed by atoms with E-state index in [9.17, 15) is 4.79 Å². The Morgan fingerprint density at radius 2 is 2.27 bits per heavy atom. The average Bonchev–Trinajstić information content (AvgIpc) is 2.55. The summed E-state index contributed by atoms with van der Waals surface area (Å²) in [4.78, 5) is 11.5. The van der Waals surface area contributed by atoms with E-state index in [4.69, 9.17) is 5.73 Å². The zero-order valence-corrected chi connectivity index (χ0v) is 9.58. The second kappa shape index (κ2) is 4.98. The lowest BCUT2D eigenvalue weighted by molar-refractivity contribution is -0.124. The van der Waals surface area contributed by atoms with Gasteiger partial charge in [-0.05, 0) is 19.1 Å². The van der Waals surface area contributed by atoms with E-state index < -0.39 is 0 Å². The Hall–Kier alpha value is -1.29. The lowest BCUT2D eigenvalue weighted by atomic mass is 10.2. The highest BCUT2D eigenvalue weighted by Crippen LogP contribution is 2.05. The molecule has 15 heavy (non-hydrogen) atoms. The van der Waals surface area contributed by atoms with Gasteiger partial charge in [-0.2, -0.15) is 0 Å². The van der Waals surface area contributed by atoms with E-state index >= 15 is 0 Å². The Morgan fingerprint density at radius 3 is 2.73 bits per heavy atom. The number of hydrogen-bond donors (Lipinski definition) is 2. The van der Waals surface area contributed by atoms with Crippen molar-refractivity contribution in [3.8, 4) is 0 Å². The molecule has 0 saturated carbocycles. The molecule has 4 nitrogen and oxygen atoms in total. The topological polar surface area (TPSA) is 60.1 Å². The third-order valence-electron chi connectivity index (χ3n) is 2.72. The first-order valence-electron chi connectivity index (χ1n) is 5.15. The lowest BCUT2D eigenvalue weighted by Crippen LogP contribution is -2.33. The SMILES string of the molecule is Cc1ccc(CNC(=O)C(C)CN)n1C. The largest absolute Gasteiger partial charge is 0.350 e. The highest BCUT2D eigenvalue weighted by Gasteiger charge is 2.10. The summed E-state index contributed by atoms with van der Waals surface area (Å²) in [5.74, 6) is -0.109. The van der Waals surface area contributed by atoms with E-state index in [0.717, 1.165) is 5.69 Å². The van der Waals surface area contributed by atoms with Crippen molar-refractivity contribution in [2.75, 3.05) is 6.54 Å².